The van der Waals surface area contributed by atoms with Crippen LogP contribution in [-0.4, -0.2) is 29.7 Å². The molecule has 19 heavy (non-hydrogen) atoms. The Morgan fingerprint density at radius 1 is 1.37 bits per heavy atom. The van der Waals surface area contributed by atoms with Gasteiger partial charge in [-0.05, 0) is 33.1 Å². The minimum atomic E-state index is -2.96. The monoisotopic (exact) mass is 304 g/mol. The van der Waals surface area contributed by atoms with Gasteiger partial charge in [-0.3, -0.25) is 4.68 Å². The van der Waals surface area contributed by atoms with Gasteiger partial charge in [0, 0.05) is 17.5 Å². The van der Waals surface area contributed by atoms with Gasteiger partial charge in [-0.25, -0.2) is 8.42 Å². The van der Waals surface area contributed by atoms with E-state index in [0.29, 0.717) is 12.3 Å². The van der Waals surface area contributed by atoms with Gasteiger partial charge < -0.3 is 0 Å². The van der Waals surface area contributed by atoms with Crippen LogP contribution in [0.25, 0.3) is 0 Å². The molecule has 0 bridgehead atoms. The van der Waals surface area contributed by atoms with Crippen molar-refractivity contribution in [3.63, 3.8) is 0 Å². The zero-order valence-electron chi connectivity index (χ0n) is 11.7. The van der Waals surface area contributed by atoms with Gasteiger partial charge >= 0.3 is 0 Å². The second-order valence-corrected chi connectivity index (χ2v) is 8.09. The minimum Gasteiger partial charge on any atom is -0.266 e. The number of aryl methyl sites for hydroxylation is 1. The van der Waals surface area contributed by atoms with Crippen molar-refractivity contribution in [2.75, 3.05) is 6.26 Å². The lowest BCUT2D eigenvalue weighted by Gasteiger charge is -2.29. The Morgan fingerprint density at radius 3 is 2.58 bits per heavy atom. The van der Waals surface area contributed by atoms with Gasteiger partial charge in [0.05, 0.1) is 22.9 Å². The molecule has 0 amide bonds. The molecule has 0 aromatic carbocycles. The Balaban J connectivity index is 2.27. The number of nitrogens with zero attached hydrogens (tertiary/aromatic N) is 2. The molecule has 0 aliphatic heterocycles. The topological polar surface area (TPSA) is 52.0 Å². The molecule has 1 aliphatic carbocycles. The SMILES string of the molecule is Cc1nn(C2CCCC(S(C)(=O)=O)C2)c(C)c1CCl. The molecule has 6 heteroatoms. The maximum atomic E-state index is 11.7. The molecular formula is C13H21ClN2O2S. The first-order valence-electron chi connectivity index (χ1n) is 6.64. The van der Waals surface area contributed by atoms with Gasteiger partial charge in [0.25, 0.3) is 0 Å². The third-order valence-electron chi connectivity index (χ3n) is 4.16. The van der Waals surface area contributed by atoms with Crippen LogP contribution in [0.15, 0.2) is 0 Å². The fourth-order valence-electron chi connectivity index (χ4n) is 2.98. The Bertz CT molecular complexity index is 565. The summed E-state index contributed by atoms with van der Waals surface area (Å²) in [5, 5.41) is 4.33. The molecular weight excluding hydrogens is 284 g/mol. The van der Waals surface area contributed by atoms with Crippen LogP contribution in [0.5, 0.6) is 0 Å². The molecule has 108 valence electrons. The van der Waals surface area contributed by atoms with Crippen molar-refractivity contribution in [3.05, 3.63) is 17.0 Å². The molecule has 2 rings (SSSR count). The highest BCUT2D eigenvalue weighted by atomic mass is 35.5. The molecule has 1 heterocycles. The maximum Gasteiger partial charge on any atom is 0.150 e. The van der Waals surface area contributed by atoms with E-state index in [-0.39, 0.29) is 11.3 Å². The summed E-state index contributed by atoms with van der Waals surface area (Å²) >= 11 is 5.94. The molecule has 2 atom stereocenters. The van der Waals surface area contributed by atoms with E-state index in [0.717, 1.165) is 36.2 Å². The van der Waals surface area contributed by atoms with Gasteiger partial charge in [-0.2, -0.15) is 5.10 Å². The molecule has 0 N–H and O–H groups in total. The number of alkyl halides is 1. The summed E-state index contributed by atoms with van der Waals surface area (Å²) in [7, 11) is -2.96. The largest absolute Gasteiger partial charge is 0.266 e. The molecule has 1 aromatic heterocycles. The minimum absolute atomic E-state index is 0.184. The van der Waals surface area contributed by atoms with Crippen molar-refractivity contribution in [1.29, 1.82) is 0 Å². The van der Waals surface area contributed by atoms with Crippen molar-refractivity contribution in [2.24, 2.45) is 0 Å². The predicted molar refractivity (Wildman–Crippen MR) is 77.4 cm³/mol. The smallest absolute Gasteiger partial charge is 0.150 e. The average Bonchev–Trinajstić information content (AvgIpc) is 2.63. The summed E-state index contributed by atoms with van der Waals surface area (Å²) in [5.74, 6) is 0.458. The van der Waals surface area contributed by atoms with Crippen LogP contribution in [0, 0.1) is 13.8 Å². The van der Waals surface area contributed by atoms with Crippen LogP contribution in [-0.2, 0) is 15.7 Å². The number of sulfone groups is 1. The van der Waals surface area contributed by atoms with Gasteiger partial charge in [-0.1, -0.05) is 6.42 Å². The van der Waals surface area contributed by atoms with Crippen LogP contribution in [0.1, 0.15) is 48.7 Å². The van der Waals surface area contributed by atoms with Crippen molar-refractivity contribution in [3.8, 4) is 0 Å². The van der Waals surface area contributed by atoms with E-state index in [2.05, 4.69) is 5.10 Å². The quantitative estimate of drug-likeness (QED) is 0.807. The zero-order valence-corrected chi connectivity index (χ0v) is 13.3. The van der Waals surface area contributed by atoms with Crippen LogP contribution >= 0.6 is 11.6 Å². The fourth-order valence-corrected chi connectivity index (χ4v) is 4.53. The molecule has 0 saturated heterocycles. The van der Waals surface area contributed by atoms with Crippen LogP contribution in [0.4, 0.5) is 0 Å². The van der Waals surface area contributed by atoms with E-state index in [1.807, 2.05) is 18.5 Å². The summed E-state index contributed by atoms with van der Waals surface area (Å²) < 4.78 is 25.4. The predicted octanol–water partition coefficient (Wildman–Crippen LogP) is 2.77. The third kappa shape index (κ3) is 2.97. The van der Waals surface area contributed by atoms with Crippen molar-refractivity contribution < 1.29 is 8.42 Å². The lowest BCUT2D eigenvalue weighted by Crippen LogP contribution is -2.29. The molecule has 2 unspecified atom stereocenters. The molecule has 4 nitrogen and oxygen atoms in total. The summed E-state index contributed by atoms with van der Waals surface area (Å²) in [6, 6.07) is 0.184. The molecule has 0 spiro atoms. The van der Waals surface area contributed by atoms with E-state index in [1.165, 1.54) is 6.26 Å². The maximum absolute atomic E-state index is 11.7. The van der Waals surface area contributed by atoms with Crippen molar-refractivity contribution in [2.45, 2.75) is 56.7 Å². The summed E-state index contributed by atoms with van der Waals surface area (Å²) in [4.78, 5) is 0. The highest BCUT2D eigenvalue weighted by molar-refractivity contribution is 7.91. The van der Waals surface area contributed by atoms with E-state index in [1.54, 1.807) is 0 Å². The first kappa shape index (κ1) is 14.9. The molecule has 1 saturated carbocycles. The number of hydrogen-bond donors (Lipinski definition) is 0. The normalized spacial score (nSPS) is 24.6. The Kier molecular flexibility index (Phi) is 4.26. The molecule has 0 radical (unpaired) electrons. The average molecular weight is 305 g/mol. The van der Waals surface area contributed by atoms with E-state index < -0.39 is 9.84 Å². The van der Waals surface area contributed by atoms with Gasteiger partial charge in [0.1, 0.15) is 9.84 Å². The fraction of sp³-hybridized carbons (Fsp3) is 0.769. The summed E-state index contributed by atoms with van der Waals surface area (Å²) in [6.07, 6.45) is 4.72. The van der Waals surface area contributed by atoms with Crippen molar-refractivity contribution in [1.82, 2.24) is 9.78 Å². The molecule has 1 aromatic rings. The molecule has 1 fully saturated rings. The highest BCUT2D eigenvalue weighted by Gasteiger charge is 2.31. The number of hydrogen-bond acceptors (Lipinski definition) is 3. The Labute approximate surface area is 120 Å². The van der Waals surface area contributed by atoms with Crippen molar-refractivity contribution >= 4 is 21.4 Å². The first-order chi connectivity index (χ1) is 8.84. The third-order valence-corrected chi connectivity index (χ3v) is 6.06. The second-order valence-electron chi connectivity index (χ2n) is 5.50. The van der Waals surface area contributed by atoms with E-state index >= 15 is 0 Å². The van der Waals surface area contributed by atoms with E-state index in [9.17, 15) is 8.42 Å². The number of halogens is 1. The van der Waals surface area contributed by atoms with Crippen LogP contribution in [0.2, 0.25) is 0 Å². The van der Waals surface area contributed by atoms with Gasteiger partial charge in [0.15, 0.2) is 0 Å². The first-order valence-corrected chi connectivity index (χ1v) is 9.13. The van der Waals surface area contributed by atoms with Crippen LogP contribution in [0.3, 0.4) is 0 Å². The highest BCUT2D eigenvalue weighted by Crippen LogP contribution is 2.33. The summed E-state index contributed by atoms with van der Waals surface area (Å²) in [5.41, 5.74) is 3.10. The van der Waals surface area contributed by atoms with Crippen LogP contribution < -0.4 is 0 Å². The standard InChI is InChI=1S/C13H21ClN2O2S/c1-9-13(8-14)10(2)16(15-9)11-5-4-6-12(7-11)19(3,17)18/h11-12H,4-8H2,1-3H3. The summed E-state index contributed by atoms with van der Waals surface area (Å²) in [6.45, 7) is 3.97. The van der Waals surface area contributed by atoms with Gasteiger partial charge in [-0.15, -0.1) is 11.6 Å². The lowest BCUT2D eigenvalue weighted by molar-refractivity contribution is 0.324. The lowest BCUT2D eigenvalue weighted by atomic mass is 9.95. The molecule has 1 aliphatic rings. The zero-order chi connectivity index (χ0) is 14.2. The number of aromatic nitrogens is 2. The van der Waals surface area contributed by atoms with E-state index in [4.69, 9.17) is 11.6 Å². The second kappa shape index (κ2) is 5.44. The number of rotatable bonds is 3. The Morgan fingerprint density at radius 2 is 2.05 bits per heavy atom. The Hall–Kier alpha value is -0.550. The van der Waals surface area contributed by atoms with Gasteiger partial charge in [0.2, 0.25) is 0 Å².